The third-order valence-corrected chi connectivity index (χ3v) is 5.54. The molecule has 2 N–H and O–H groups in total. The Morgan fingerprint density at radius 2 is 1.67 bits per heavy atom. The zero-order valence-electron chi connectivity index (χ0n) is 16.9. The molecule has 0 saturated carbocycles. The summed E-state index contributed by atoms with van der Waals surface area (Å²) in [6, 6.07) is 15.4. The van der Waals surface area contributed by atoms with Gasteiger partial charge in [0.25, 0.3) is 0 Å². The molecule has 0 fully saturated rings. The number of nitrogens with one attached hydrogen (secondary N) is 2. The zero-order valence-corrected chi connectivity index (χ0v) is 17.7. The molecule has 0 aliphatic heterocycles. The summed E-state index contributed by atoms with van der Waals surface area (Å²) >= 11 is 1.35. The maximum Gasteiger partial charge on any atom is 0.234 e. The Morgan fingerprint density at radius 3 is 2.37 bits per heavy atom. The molecule has 152 valence electrons. The molecule has 8 heteroatoms. The number of carbonyl (C=O) groups is 2. The predicted molar refractivity (Wildman–Crippen MR) is 120 cm³/mol. The quantitative estimate of drug-likeness (QED) is 0.474. The first-order valence-corrected chi connectivity index (χ1v) is 10.4. The highest BCUT2D eigenvalue weighted by Crippen LogP contribution is 2.26. The summed E-state index contributed by atoms with van der Waals surface area (Å²) in [5, 5.41) is 16.0. The van der Waals surface area contributed by atoms with Gasteiger partial charge in [-0.05, 0) is 66.8 Å². The van der Waals surface area contributed by atoms with Crippen LogP contribution in [0.2, 0.25) is 0 Å². The van der Waals surface area contributed by atoms with Gasteiger partial charge in [-0.2, -0.15) is 0 Å². The Bertz CT molecular complexity index is 1260. The molecule has 2 aromatic heterocycles. The Balaban J connectivity index is 1.51. The lowest BCUT2D eigenvalue weighted by Crippen LogP contribution is -2.14. The SMILES string of the molecule is CC(=O)Nc1ccc(NC(=O)CSc2nnc3c(C)cc4ccc(C)cc4n23)cc1. The molecule has 4 rings (SSSR count). The van der Waals surface area contributed by atoms with Crippen molar-refractivity contribution in [1.82, 2.24) is 14.6 Å². The summed E-state index contributed by atoms with van der Waals surface area (Å²) < 4.78 is 2.01. The largest absolute Gasteiger partial charge is 0.326 e. The zero-order chi connectivity index (χ0) is 21.3. The van der Waals surface area contributed by atoms with Crippen molar-refractivity contribution in [2.75, 3.05) is 16.4 Å². The predicted octanol–water partition coefficient (Wildman–Crippen LogP) is 4.19. The van der Waals surface area contributed by atoms with Crippen LogP contribution in [0.5, 0.6) is 0 Å². The molecular weight excluding hydrogens is 398 g/mol. The number of aryl methyl sites for hydroxylation is 2. The van der Waals surface area contributed by atoms with E-state index in [2.05, 4.69) is 45.1 Å². The summed E-state index contributed by atoms with van der Waals surface area (Å²) in [6.45, 7) is 5.51. The lowest BCUT2D eigenvalue weighted by molar-refractivity contribution is -0.114. The molecule has 30 heavy (non-hydrogen) atoms. The van der Waals surface area contributed by atoms with Gasteiger partial charge in [0.15, 0.2) is 10.8 Å². The average molecular weight is 420 g/mol. The third kappa shape index (κ3) is 4.13. The maximum atomic E-state index is 12.4. The van der Waals surface area contributed by atoms with Crippen molar-refractivity contribution in [2.24, 2.45) is 0 Å². The van der Waals surface area contributed by atoms with Crippen molar-refractivity contribution in [3.8, 4) is 0 Å². The highest BCUT2D eigenvalue weighted by molar-refractivity contribution is 7.99. The van der Waals surface area contributed by atoms with E-state index in [-0.39, 0.29) is 17.6 Å². The minimum atomic E-state index is -0.142. The second-order valence-corrected chi connectivity index (χ2v) is 8.07. The minimum absolute atomic E-state index is 0.137. The van der Waals surface area contributed by atoms with E-state index in [0.29, 0.717) is 16.5 Å². The maximum absolute atomic E-state index is 12.4. The molecule has 0 unspecified atom stereocenters. The summed E-state index contributed by atoms with van der Waals surface area (Å²) in [4.78, 5) is 23.5. The first-order valence-electron chi connectivity index (χ1n) is 9.46. The Kier molecular flexibility index (Phi) is 5.41. The summed E-state index contributed by atoms with van der Waals surface area (Å²) in [6.07, 6.45) is 0. The molecule has 0 radical (unpaired) electrons. The number of rotatable bonds is 5. The summed E-state index contributed by atoms with van der Waals surface area (Å²) in [7, 11) is 0. The van der Waals surface area contributed by atoms with Gasteiger partial charge in [-0.3, -0.25) is 14.0 Å². The number of aromatic nitrogens is 3. The number of hydrogen-bond donors (Lipinski definition) is 2. The third-order valence-electron chi connectivity index (χ3n) is 4.61. The van der Waals surface area contributed by atoms with Crippen LogP contribution in [-0.2, 0) is 9.59 Å². The molecule has 0 saturated heterocycles. The number of carbonyl (C=O) groups excluding carboxylic acids is 2. The Morgan fingerprint density at radius 1 is 0.967 bits per heavy atom. The molecule has 4 aromatic rings. The number of benzene rings is 2. The van der Waals surface area contributed by atoms with Gasteiger partial charge in [-0.1, -0.05) is 23.9 Å². The summed E-state index contributed by atoms with van der Waals surface area (Å²) in [5.74, 6) is -0.0750. The molecule has 0 spiro atoms. The Hall–Kier alpha value is -3.39. The second kappa shape index (κ2) is 8.16. The monoisotopic (exact) mass is 419 g/mol. The smallest absolute Gasteiger partial charge is 0.234 e. The van der Waals surface area contributed by atoms with Crippen LogP contribution >= 0.6 is 11.8 Å². The van der Waals surface area contributed by atoms with E-state index in [4.69, 9.17) is 0 Å². The topological polar surface area (TPSA) is 88.4 Å². The van der Waals surface area contributed by atoms with Gasteiger partial charge in [0.2, 0.25) is 11.8 Å². The molecule has 7 nitrogen and oxygen atoms in total. The standard InChI is InChI=1S/C22H21N5O2S/c1-13-4-5-16-11-14(2)21-25-26-22(27(21)19(16)10-13)30-12-20(29)24-18-8-6-17(7-9-18)23-15(3)28/h4-11H,12H2,1-3H3,(H,23,28)(H,24,29). The van der Waals surface area contributed by atoms with Crippen molar-refractivity contribution in [2.45, 2.75) is 25.9 Å². The van der Waals surface area contributed by atoms with Crippen LogP contribution in [0.3, 0.4) is 0 Å². The van der Waals surface area contributed by atoms with Gasteiger partial charge in [-0.25, -0.2) is 0 Å². The van der Waals surface area contributed by atoms with Crippen LogP contribution in [0, 0.1) is 13.8 Å². The van der Waals surface area contributed by atoms with E-state index in [9.17, 15) is 9.59 Å². The number of nitrogens with zero attached hydrogens (tertiary/aromatic N) is 3. The van der Waals surface area contributed by atoms with Crippen molar-refractivity contribution in [3.63, 3.8) is 0 Å². The van der Waals surface area contributed by atoms with E-state index in [0.717, 1.165) is 27.7 Å². The van der Waals surface area contributed by atoms with Gasteiger partial charge in [0.1, 0.15) is 0 Å². The average Bonchev–Trinajstić information content (AvgIpc) is 3.13. The van der Waals surface area contributed by atoms with Crippen LogP contribution in [0.25, 0.3) is 16.6 Å². The van der Waals surface area contributed by atoms with Crippen LogP contribution < -0.4 is 10.6 Å². The highest BCUT2D eigenvalue weighted by Gasteiger charge is 2.14. The number of pyridine rings is 1. The van der Waals surface area contributed by atoms with Crippen molar-refractivity contribution in [3.05, 3.63) is 59.7 Å². The number of hydrogen-bond acceptors (Lipinski definition) is 5. The van der Waals surface area contributed by atoms with Crippen molar-refractivity contribution >= 4 is 51.5 Å². The number of thioether (sulfide) groups is 1. The number of amides is 2. The second-order valence-electron chi connectivity index (χ2n) is 7.13. The molecule has 0 bridgehead atoms. The normalized spacial score (nSPS) is 11.0. The van der Waals surface area contributed by atoms with E-state index in [1.807, 2.05) is 18.2 Å². The number of anilines is 2. The molecule has 0 atom stereocenters. The lowest BCUT2D eigenvalue weighted by Gasteiger charge is -2.09. The van der Waals surface area contributed by atoms with Crippen LogP contribution in [-0.4, -0.2) is 32.2 Å². The van der Waals surface area contributed by atoms with E-state index < -0.39 is 0 Å². The Labute approximate surface area is 177 Å². The van der Waals surface area contributed by atoms with Crippen LogP contribution in [0.1, 0.15) is 18.1 Å². The highest BCUT2D eigenvalue weighted by atomic mass is 32.2. The minimum Gasteiger partial charge on any atom is -0.326 e. The van der Waals surface area contributed by atoms with Crippen molar-refractivity contribution in [1.29, 1.82) is 0 Å². The molecule has 2 aromatic carbocycles. The number of fused-ring (bicyclic) bond motifs is 3. The first-order chi connectivity index (χ1) is 14.4. The fourth-order valence-electron chi connectivity index (χ4n) is 3.27. The van der Waals surface area contributed by atoms with Gasteiger partial charge in [0.05, 0.1) is 11.3 Å². The summed E-state index contributed by atoms with van der Waals surface area (Å²) in [5.41, 5.74) is 5.36. The molecule has 2 amide bonds. The molecule has 0 aliphatic carbocycles. The van der Waals surface area contributed by atoms with Crippen LogP contribution in [0.4, 0.5) is 11.4 Å². The molecule has 2 heterocycles. The van der Waals surface area contributed by atoms with Gasteiger partial charge in [-0.15, -0.1) is 10.2 Å². The van der Waals surface area contributed by atoms with Gasteiger partial charge in [0, 0.05) is 18.3 Å². The van der Waals surface area contributed by atoms with E-state index in [1.54, 1.807) is 24.3 Å². The van der Waals surface area contributed by atoms with Gasteiger partial charge < -0.3 is 10.6 Å². The fourth-order valence-corrected chi connectivity index (χ4v) is 4.02. The lowest BCUT2D eigenvalue weighted by atomic mass is 10.1. The van der Waals surface area contributed by atoms with Gasteiger partial charge >= 0.3 is 0 Å². The molecule has 0 aliphatic rings. The fraction of sp³-hybridized carbons (Fsp3) is 0.182. The van der Waals surface area contributed by atoms with Crippen LogP contribution in [0.15, 0.2) is 53.7 Å². The first kappa shape index (κ1) is 19.9. The van der Waals surface area contributed by atoms with E-state index in [1.165, 1.54) is 18.7 Å². The van der Waals surface area contributed by atoms with Crippen molar-refractivity contribution < 1.29 is 9.59 Å². The van der Waals surface area contributed by atoms with E-state index >= 15 is 0 Å². The molecular formula is C22H21N5O2S.